The van der Waals surface area contributed by atoms with Gasteiger partial charge >= 0.3 is 0 Å². The SMILES string of the molecule is O=C1Nc2c(Br)cc(F)cc2C1C1CCC1. The van der Waals surface area contributed by atoms with Crippen LogP contribution in [0.4, 0.5) is 10.1 Å². The molecule has 1 aliphatic carbocycles. The van der Waals surface area contributed by atoms with Crippen LogP contribution in [0.2, 0.25) is 0 Å². The highest BCUT2D eigenvalue weighted by Crippen LogP contribution is 2.47. The second-order valence-electron chi connectivity index (χ2n) is 4.51. The minimum absolute atomic E-state index is 0.0194. The molecule has 2 aliphatic rings. The summed E-state index contributed by atoms with van der Waals surface area (Å²) in [7, 11) is 0. The lowest BCUT2D eigenvalue weighted by molar-refractivity contribution is -0.118. The van der Waals surface area contributed by atoms with Gasteiger partial charge in [-0.2, -0.15) is 0 Å². The normalized spacial score (nSPS) is 23.9. The Morgan fingerprint density at radius 3 is 2.75 bits per heavy atom. The highest BCUT2D eigenvalue weighted by atomic mass is 79.9. The van der Waals surface area contributed by atoms with Gasteiger partial charge in [0.25, 0.3) is 0 Å². The average Bonchev–Trinajstić information content (AvgIpc) is 2.43. The van der Waals surface area contributed by atoms with E-state index >= 15 is 0 Å². The zero-order valence-corrected chi connectivity index (χ0v) is 10.2. The van der Waals surface area contributed by atoms with Crippen LogP contribution in [0.5, 0.6) is 0 Å². The lowest BCUT2D eigenvalue weighted by atomic mass is 9.73. The molecule has 1 N–H and O–H groups in total. The minimum atomic E-state index is -0.286. The molecule has 1 aliphatic heterocycles. The van der Waals surface area contributed by atoms with Crippen molar-refractivity contribution >= 4 is 27.5 Å². The topological polar surface area (TPSA) is 29.1 Å². The second kappa shape index (κ2) is 3.55. The third-order valence-corrected chi connectivity index (χ3v) is 4.20. The van der Waals surface area contributed by atoms with Gasteiger partial charge in [-0.05, 0) is 52.4 Å². The zero-order chi connectivity index (χ0) is 11.3. The Labute approximate surface area is 101 Å². The van der Waals surface area contributed by atoms with Crippen molar-refractivity contribution in [2.24, 2.45) is 5.92 Å². The fraction of sp³-hybridized carbons (Fsp3) is 0.417. The summed E-state index contributed by atoms with van der Waals surface area (Å²) in [4.78, 5) is 11.9. The van der Waals surface area contributed by atoms with E-state index in [4.69, 9.17) is 0 Å². The molecule has 3 rings (SSSR count). The van der Waals surface area contributed by atoms with Crippen LogP contribution in [0.15, 0.2) is 16.6 Å². The lowest BCUT2D eigenvalue weighted by Gasteiger charge is -2.30. The number of hydrogen-bond acceptors (Lipinski definition) is 1. The van der Waals surface area contributed by atoms with Gasteiger partial charge in [-0.15, -0.1) is 0 Å². The van der Waals surface area contributed by atoms with Crippen LogP contribution in [0, 0.1) is 11.7 Å². The summed E-state index contributed by atoms with van der Waals surface area (Å²) < 4.78 is 14.0. The maximum Gasteiger partial charge on any atom is 0.232 e. The Balaban J connectivity index is 2.08. The van der Waals surface area contributed by atoms with Crippen molar-refractivity contribution in [1.29, 1.82) is 0 Å². The molecule has 0 spiro atoms. The number of halogens is 2. The Kier molecular flexibility index (Phi) is 2.28. The van der Waals surface area contributed by atoms with Crippen LogP contribution in [0.3, 0.4) is 0 Å². The van der Waals surface area contributed by atoms with Gasteiger partial charge in [0.05, 0.1) is 11.6 Å². The Bertz CT molecular complexity index is 470. The first-order valence-electron chi connectivity index (χ1n) is 5.46. The smallest absolute Gasteiger partial charge is 0.232 e. The molecule has 0 radical (unpaired) electrons. The molecule has 1 unspecified atom stereocenters. The molecule has 1 amide bonds. The molecule has 1 saturated carbocycles. The number of amides is 1. The predicted molar refractivity (Wildman–Crippen MR) is 62.8 cm³/mol. The number of rotatable bonds is 1. The molecule has 1 fully saturated rings. The number of nitrogens with one attached hydrogen (secondary N) is 1. The molecule has 1 atom stereocenters. The number of carbonyl (C=O) groups excluding carboxylic acids is 1. The standard InChI is InChI=1S/C12H11BrFNO/c13-9-5-7(14)4-8-10(6-2-1-3-6)12(16)15-11(8)9/h4-6,10H,1-3H2,(H,15,16). The van der Waals surface area contributed by atoms with Gasteiger partial charge in [0, 0.05) is 4.47 Å². The van der Waals surface area contributed by atoms with Crippen molar-refractivity contribution < 1.29 is 9.18 Å². The third-order valence-electron chi connectivity index (χ3n) is 3.57. The van der Waals surface area contributed by atoms with Gasteiger partial charge in [-0.3, -0.25) is 4.79 Å². The zero-order valence-electron chi connectivity index (χ0n) is 8.59. The van der Waals surface area contributed by atoms with E-state index in [0.717, 1.165) is 24.1 Å². The number of fused-ring (bicyclic) bond motifs is 1. The summed E-state index contributed by atoms with van der Waals surface area (Å²) in [5.41, 5.74) is 1.57. The molecule has 2 nitrogen and oxygen atoms in total. The quantitative estimate of drug-likeness (QED) is 0.841. The second-order valence-corrected chi connectivity index (χ2v) is 5.36. The van der Waals surface area contributed by atoms with Crippen molar-refractivity contribution in [1.82, 2.24) is 0 Å². The van der Waals surface area contributed by atoms with Crippen molar-refractivity contribution in [2.75, 3.05) is 5.32 Å². The molecule has 1 aromatic carbocycles. The molecule has 0 saturated heterocycles. The highest BCUT2D eigenvalue weighted by molar-refractivity contribution is 9.10. The Morgan fingerprint density at radius 1 is 1.38 bits per heavy atom. The highest BCUT2D eigenvalue weighted by Gasteiger charge is 2.40. The van der Waals surface area contributed by atoms with Gasteiger partial charge < -0.3 is 5.32 Å². The van der Waals surface area contributed by atoms with Gasteiger partial charge in [0.15, 0.2) is 0 Å². The van der Waals surface area contributed by atoms with Crippen molar-refractivity contribution in [3.8, 4) is 0 Å². The maximum atomic E-state index is 13.3. The summed E-state index contributed by atoms with van der Waals surface area (Å²) >= 11 is 3.29. The average molecular weight is 284 g/mol. The van der Waals surface area contributed by atoms with E-state index in [2.05, 4.69) is 21.2 Å². The molecular formula is C12H11BrFNO. The van der Waals surface area contributed by atoms with E-state index in [1.165, 1.54) is 18.6 Å². The first-order valence-corrected chi connectivity index (χ1v) is 6.26. The fourth-order valence-corrected chi connectivity index (χ4v) is 3.10. The van der Waals surface area contributed by atoms with E-state index in [1.807, 2.05) is 0 Å². The van der Waals surface area contributed by atoms with Crippen molar-refractivity contribution in [3.63, 3.8) is 0 Å². The van der Waals surface area contributed by atoms with Gasteiger partial charge in [0.2, 0.25) is 5.91 Å². The van der Waals surface area contributed by atoms with E-state index in [1.54, 1.807) is 0 Å². The summed E-state index contributed by atoms with van der Waals surface area (Å²) in [6.07, 6.45) is 3.33. The van der Waals surface area contributed by atoms with E-state index in [-0.39, 0.29) is 17.6 Å². The number of carbonyl (C=O) groups is 1. The first-order chi connectivity index (χ1) is 7.66. The predicted octanol–water partition coefficient (Wildman–Crippen LogP) is 3.42. The Morgan fingerprint density at radius 2 is 2.12 bits per heavy atom. The number of hydrogen-bond donors (Lipinski definition) is 1. The van der Waals surface area contributed by atoms with E-state index in [9.17, 15) is 9.18 Å². The molecule has 16 heavy (non-hydrogen) atoms. The molecular weight excluding hydrogens is 273 g/mol. The Hall–Kier alpha value is -0.900. The summed E-state index contributed by atoms with van der Waals surface area (Å²) in [6.45, 7) is 0. The summed E-state index contributed by atoms with van der Waals surface area (Å²) in [5, 5.41) is 2.84. The first kappa shape index (κ1) is 10.3. The van der Waals surface area contributed by atoms with E-state index in [0.29, 0.717) is 10.4 Å². The summed E-state index contributed by atoms with van der Waals surface area (Å²) in [6, 6.07) is 2.88. The maximum absolute atomic E-state index is 13.3. The van der Waals surface area contributed by atoms with E-state index < -0.39 is 0 Å². The molecule has 0 aromatic heterocycles. The van der Waals surface area contributed by atoms with Crippen LogP contribution in [0.1, 0.15) is 30.7 Å². The van der Waals surface area contributed by atoms with Crippen LogP contribution in [-0.2, 0) is 4.79 Å². The fourth-order valence-electron chi connectivity index (χ4n) is 2.55. The molecule has 0 bridgehead atoms. The van der Waals surface area contributed by atoms with Crippen molar-refractivity contribution in [3.05, 3.63) is 28.0 Å². The van der Waals surface area contributed by atoms with Gasteiger partial charge in [-0.25, -0.2) is 4.39 Å². The number of benzene rings is 1. The molecule has 4 heteroatoms. The van der Waals surface area contributed by atoms with Crippen molar-refractivity contribution in [2.45, 2.75) is 25.2 Å². The van der Waals surface area contributed by atoms with Crippen LogP contribution < -0.4 is 5.32 Å². The minimum Gasteiger partial charge on any atom is -0.324 e. The van der Waals surface area contributed by atoms with Crippen LogP contribution in [-0.4, -0.2) is 5.91 Å². The molecule has 1 heterocycles. The summed E-state index contributed by atoms with van der Waals surface area (Å²) in [5.74, 6) is -0.0110. The molecule has 1 aromatic rings. The largest absolute Gasteiger partial charge is 0.324 e. The van der Waals surface area contributed by atoms with Gasteiger partial charge in [0.1, 0.15) is 5.82 Å². The molecule has 84 valence electrons. The van der Waals surface area contributed by atoms with Crippen LogP contribution in [0.25, 0.3) is 0 Å². The van der Waals surface area contributed by atoms with Gasteiger partial charge in [-0.1, -0.05) is 6.42 Å². The monoisotopic (exact) mass is 283 g/mol. The lowest BCUT2D eigenvalue weighted by Crippen LogP contribution is -2.25. The third kappa shape index (κ3) is 1.39. The van der Waals surface area contributed by atoms with Crippen LogP contribution >= 0.6 is 15.9 Å². The number of anilines is 1.